The molecule has 0 radical (unpaired) electrons. The number of carbonyl (C=O) groups excluding carboxylic acids is 1. The summed E-state index contributed by atoms with van der Waals surface area (Å²) in [5.74, 6) is 1.46. The number of amides is 1. The molecule has 132 valence electrons. The number of carbonyl (C=O) groups is 1. The fourth-order valence-corrected chi connectivity index (χ4v) is 3.65. The molecule has 25 heavy (non-hydrogen) atoms. The molecule has 1 N–H and O–H groups in total. The van der Waals surface area contributed by atoms with E-state index in [9.17, 15) is 4.79 Å². The third-order valence-electron chi connectivity index (χ3n) is 4.91. The molecule has 2 fully saturated rings. The summed E-state index contributed by atoms with van der Waals surface area (Å²) in [4.78, 5) is 14.5. The van der Waals surface area contributed by atoms with E-state index in [1.54, 1.807) is 12.1 Å². The maximum absolute atomic E-state index is 12.3. The molecule has 1 atom stereocenters. The zero-order valence-corrected chi connectivity index (χ0v) is 14.8. The summed E-state index contributed by atoms with van der Waals surface area (Å²) < 4.78 is 2.24. The molecular weight excluding hydrogens is 338 g/mol. The fourth-order valence-electron chi connectivity index (χ4n) is 3.52. The summed E-state index contributed by atoms with van der Waals surface area (Å²) in [6.45, 7) is 2.21. The molecule has 1 aromatic carbocycles. The third-order valence-corrected chi connectivity index (χ3v) is 5.16. The van der Waals surface area contributed by atoms with Crippen molar-refractivity contribution >= 4 is 23.2 Å². The maximum atomic E-state index is 12.3. The highest BCUT2D eigenvalue weighted by Crippen LogP contribution is 2.38. The Morgan fingerprint density at radius 2 is 2.04 bits per heavy atom. The van der Waals surface area contributed by atoms with Gasteiger partial charge in [-0.05, 0) is 56.5 Å². The molecule has 2 heterocycles. The normalized spacial score (nSPS) is 21.2. The van der Waals surface area contributed by atoms with E-state index in [0.29, 0.717) is 23.5 Å². The number of nitrogens with one attached hydrogen (secondary N) is 1. The Morgan fingerprint density at radius 3 is 2.80 bits per heavy atom. The van der Waals surface area contributed by atoms with Crippen LogP contribution in [0.15, 0.2) is 30.6 Å². The summed E-state index contributed by atoms with van der Waals surface area (Å²) in [6, 6.07) is 7.78. The predicted octanol–water partition coefficient (Wildman–Crippen LogP) is 3.08. The summed E-state index contributed by atoms with van der Waals surface area (Å²) >= 11 is 5.87. The Labute approximate surface area is 152 Å². The molecule has 1 aromatic heterocycles. The summed E-state index contributed by atoms with van der Waals surface area (Å²) in [7, 11) is 0. The van der Waals surface area contributed by atoms with E-state index >= 15 is 0 Å². The summed E-state index contributed by atoms with van der Waals surface area (Å²) in [5, 5.41) is 12.1. The molecule has 1 saturated carbocycles. The highest BCUT2D eigenvalue weighted by Gasteiger charge is 2.31. The largest absolute Gasteiger partial charge is 0.325 e. The van der Waals surface area contributed by atoms with Crippen LogP contribution in [-0.4, -0.2) is 45.2 Å². The number of anilines is 1. The highest BCUT2D eigenvalue weighted by molar-refractivity contribution is 6.30. The van der Waals surface area contributed by atoms with Gasteiger partial charge in [0.1, 0.15) is 12.2 Å². The van der Waals surface area contributed by atoms with Crippen LogP contribution in [0.5, 0.6) is 0 Å². The topological polar surface area (TPSA) is 63.1 Å². The molecule has 6 nitrogen and oxygen atoms in total. The quantitative estimate of drug-likeness (QED) is 0.891. The van der Waals surface area contributed by atoms with Gasteiger partial charge in [-0.15, -0.1) is 10.2 Å². The first-order valence-electron chi connectivity index (χ1n) is 8.86. The minimum Gasteiger partial charge on any atom is -0.325 e. The van der Waals surface area contributed by atoms with Gasteiger partial charge in [-0.1, -0.05) is 11.6 Å². The zero-order chi connectivity index (χ0) is 17.2. The summed E-state index contributed by atoms with van der Waals surface area (Å²) in [5.41, 5.74) is 0.774. The molecule has 1 amide bonds. The summed E-state index contributed by atoms with van der Waals surface area (Å²) in [6.07, 6.45) is 6.51. The van der Waals surface area contributed by atoms with Gasteiger partial charge in [-0.2, -0.15) is 0 Å². The van der Waals surface area contributed by atoms with Crippen molar-refractivity contribution in [2.45, 2.75) is 37.6 Å². The van der Waals surface area contributed by atoms with E-state index in [1.165, 1.54) is 12.8 Å². The predicted molar refractivity (Wildman–Crippen MR) is 96.8 cm³/mol. The van der Waals surface area contributed by atoms with E-state index in [2.05, 4.69) is 25.0 Å². The van der Waals surface area contributed by atoms with Gasteiger partial charge < -0.3 is 9.88 Å². The Kier molecular flexibility index (Phi) is 4.72. The van der Waals surface area contributed by atoms with Crippen molar-refractivity contribution in [1.29, 1.82) is 0 Å². The number of likely N-dealkylation sites (tertiary alicyclic amines) is 1. The van der Waals surface area contributed by atoms with Crippen molar-refractivity contribution in [3.8, 4) is 0 Å². The van der Waals surface area contributed by atoms with E-state index in [1.807, 2.05) is 18.5 Å². The van der Waals surface area contributed by atoms with Gasteiger partial charge in [0.25, 0.3) is 0 Å². The number of aromatic nitrogens is 3. The van der Waals surface area contributed by atoms with Crippen LogP contribution in [-0.2, 0) is 4.79 Å². The van der Waals surface area contributed by atoms with E-state index in [0.717, 1.165) is 37.4 Å². The standard InChI is InChI=1S/C18H22ClN5O/c19-14-3-5-15(6-4-14)21-17(25)11-23-9-1-2-13(10-23)18-22-20-12-24(18)16-7-8-16/h3-6,12-13,16H,1-2,7-11H2,(H,21,25)/t13-/m1/s1. The number of piperidine rings is 1. The second-order valence-electron chi connectivity index (χ2n) is 6.96. The SMILES string of the molecule is O=C(CN1CCC[C@@H](c2nncn2C2CC2)C1)Nc1ccc(Cl)cc1. The maximum Gasteiger partial charge on any atom is 0.238 e. The number of hydrogen-bond donors (Lipinski definition) is 1. The first-order valence-corrected chi connectivity index (χ1v) is 9.24. The minimum absolute atomic E-state index is 0.00614. The number of halogens is 1. The first-order chi connectivity index (χ1) is 12.2. The van der Waals surface area contributed by atoms with Crippen LogP contribution < -0.4 is 5.32 Å². The van der Waals surface area contributed by atoms with Gasteiger partial charge in [0.2, 0.25) is 5.91 Å². The highest BCUT2D eigenvalue weighted by atomic mass is 35.5. The van der Waals surface area contributed by atoms with Gasteiger partial charge in [0, 0.05) is 29.2 Å². The molecule has 0 bridgehead atoms. The van der Waals surface area contributed by atoms with Gasteiger partial charge >= 0.3 is 0 Å². The average Bonchev–Trinajstić information content (AvgIpc) is 3.34. The lowest BCUT2D eigenvalue weighted by Gasteiger charge is -2.31. The monoisotopic (exact) mass is 359 g/mol. The Balaban J connectivity index is 1.35. The number of hydrogen-bond acceptors (Lipinski definition) is 4. The van der Waals surface area contributed by atoms with Gasteiger partial charge in [0.05, 0.1) is 6.54 Å². The second kappa shape index (κ2) is 7.14. The van der Waals surface area contributed by atoms with E-state index in [4.69, 9.17) is 11.6 Å². The molecule has 0 unspecified atom stereocenters. The molecule has 4 rings (SSSR count). The zero-order valence-electron chi connectivity index (χ0n) is 14.1. The molecule has 1 saturated heterocycles. The van der Waals surface area contributed by atoms with Gasteiger partial charge in [-0.25, -0.2) is 0 Å². The molecule has 1 aliphatic heterocycles. The van der Waals surface area contributed by atoms with Crippen molar-refractivity contribution in [2.24, 2.45) is 0 Å². The lowest BCUT2D eigenvalue weighted by atomic mass is 9.97. The number of rotatable bonds is 5. The lowest BCUT2D eigenvalue weighted by molar-refractivity contribution is -0.117. The molecule has 2 aromatic rings. The van der Waals surface area contributed by atoms with Crippen LogP contribution in [0.25, 0.3) is 0 Å². The molecule has 2 aliphatic rings. The van der Waals surface area contributed by atoms with E-state index in [-0.39, 0.29) is 5.91 Å². The van der Waals surface area contributed by atoms with Crippen LogP contribution in [0, 0.1) is 0 Å². The van der Waals surface area contributed by atoms with Crippen molar-refractivity contribution in [3.05, 3.63) is 41.4 Å². The molecule has 1 aliphatic carbocycles. The Morgan fingerprint density at radius 1 is 1.24 bits per heavy atom. The number of benzene rings is 1. The molecule has 7 heteroatoms. The average molecular weight is 360 g/mol. The fraction of sp³-hybridized carbons (Fsp3) is 0.500. The first kappa shape index (κ1) is 16.5. The van der Waals surface area contributed by atoms with Crippen LogP contribution in [0.2, 0.25) is 5.02 Å². The molecule has 0 spiro atoms. The van der Waals surface area contributed by atoms with Crippen molar-refractivity contribution in [3.63, 3.8) is 0 Å². The van der Waals surface area contributed by atoms with Crippen LogP contribution in [0.4, 0.5) is 5.69 Å². The van der Waals surface area contributed by atoms with Crippen molar-refractivity contribution in [1.82, 2.24) is 19.7 Å². The second-order valence-corrected chi connectivity index (χ2v) is 7.39. The Hall–Kier alpha value is -1.92. The number of nitrogens with zero attached hydrogens (tertiary/aromatic N) is 4. The Bertz CT molecular complexity index is 740. The van der Waals surface area contributed by atoms with Crippen LogP contribution >= 0.6 is 11.6 Å². The third kappa shape index (κ3) is 4.02. The van der Waals surface area contributed by atoms with Crippen LogP contribution in [0.1, 0.15) is 43.5 Å². The van der Waals surface area contributed by atoms with Crippen molar-refractivity contribution in [2.75, 3.05) is 25.0 Å². The van der Waals surface area contributed by atoms with Gasteiger partial charge in [0.15, 0.2) is 0 Å². The van der Waals surface area contributed by atoms with Gasteiger partial charge in [-0.3, -0.25) is 9.69 Å². The lowest BCUT2D eigenvalue weighted by Crippen LogP contribution is -2.40. The van der Waals surface area contributed by atoms with Crippen molar-refractivity contribution < 1.29 is 4.79 Å². The van der Waals surface area contributed by atoms with Crippen LogP contribution in [0.3, 0.4) is 0 Å². The smallest absolute Gasteiger partial charge is 0.238 e. The van der Waals surface area contributed by atoms with E-state index < -0.39 is 0 Å². The molecular formula is C18H22ClN5O. The minimum atomic E-state index is 0.00614.